The van der Waals surface area contributed by atoms with Crippen LogP contribution in [0.3, 0.4) is 0 Å². The standard InChI is InChI=1S/C22H38N4O6Si/c1-22(2,3)33(4,5)32-18-19-6-8-20(9-7-19)26(21(27)28)11-13-30-15-17-31-16-14-29-12-10-24-25-23/h6-9,23H,10-18H2,1-5H3/p+1. The highest BCUT2D eigenvalue weighted by Crippen LogP contribution is 2.37. The first kappa shape index (κ1) is 28.9. The van der Waals surface area contributed by atoms with Gasteiger partial charge in [-0.1, -0.05) is 32.9 Å². The molecule has 1 aromatic carbocycles. The van der Waals surface area contributed by atoms with Crippen molar-refractivity contribution in [2.24, 2.45) is 5.11 Å². The maximum atomic E-state index is 11.7. The first-order chi connectivity index (χ1) is 15.6. The minimum absolute atomic E-state index is 0.141. The van der Waals surface area contributed by atoms with Gasteiger partial charge in [0.05, 0.1) is 52.8 Å². The summed E-state index contributed by atoms with van der Waals surface area (Å²) in [7, 11) is -1.84. The average Bonchev–Trinajstić information content (AvgIpc) is 2.75. The molecule has 0 aliphatic carbocycles. The number of benzene rings is 1. The topological polar surface area (TPSA) is 128 Å². The zero-order valence-electron chi connectivity index (χ0n) is 20.5. The molecule has 11 heteroatoms. The van der Waals surface area contributed by atoms with Crippen LogP contribution in [0.1, 0.15) is 26.3 Å². The van der Waals surface area contributed by atoms with Gasteiger partial charge in [0.25, 0.3) is 0 Å². The number of carbonyl (C=O) groups is 1. The van der Waals surface area contributed by atoms with E-state index in [2.05, 4.69) is 43.9 Å². The van der Waals surface area contributed by atoms with E-state index in [1.165, 1.54) is 4.90 Å². The number of amides is 1. The van der Waals surface area contributed by atoms with Gasteiger partial charge in [-0.3, -0.25) is 4.90 Å². The van der Waals surface area contributed by atoms with Crippen molar-refractivity contribution in [1.82, 2.24) is 4.91 Å². The number of hydrogen-bond acceptors (Lipinski definition) is 7. The summed E-state index contributed by atoms with van der Waals surface area (Å²) in [5, 5.41) is 13.2. The molecular weight excluding hydrogens is 444 g/mol. The molecular formula is C22H39N4O6Si+. The van der Waals surface area contributed by atoms with Crippen LogP contribution in [0, 0.1) is 5.53 Å². The average molecular weight is 484 g/mol. The summed E-state index contributed by atoms with van der Waals surface area (Å²) < 4.78 is 22.3. The van der Waals surface area contributed by atoms with Crippen molar-refractivity contribution >= 4 is 20.1 Å². The zero-order chi connectivity index (χ0) is 24.7. The van der Waals surface area contributed by atoms with Crippen molar-refractivity contribution in [3.8, 4) is 0 Å². The van der Waals surface area contributed by atoms with Crippen molar-refractivity contribution in [2.75, 3.05) is 57.6 Å². The van der Waals surface area contributed by atoms with Crippen molar-refractivity contribution in [3.05, 3.63) is 29.8 Å². The fraction of sp³-hybridized carbons (Fsp3) is 0.682. The number of nitrogens with zero attached hydrogens (tertiary/aromatic N) is 3. The molecule has 1 aromatic rings. The summed E-state index contributed by atoms with van der Waals surface area (Å²) in [5.74, 6) is 0. The van der Waals surface area contributed by atoms with E-state index in [1.54, 1.807) is 12.1 Å². The molecule has 0 aliphatic rings. The molecule has 0 bridgehead atoms. The quantitative estimate of drug-likeness (QED) is 0.156. The number of hydrogen-bond donors (Lipinski definition) is 2. The maximum Gasteiger partial charge on any atom is 0.411 e. The Morgan fingerprint density at radius 1 is 1.03 bits per heavy atom. The Kier molecular flexibility index (Phi) is 13.0. The minimum Gasteiger partial charge on any atom is -0.465 e. The predicted octanol–water partition coefficient (Wildman–Crippen LogP) is 4.29. The molecule has 1 rings (SSSR count). The Morgan fingerprint density at radius 3 is 2.09 bits per heavy atom. The Morgan fingerprint density at radius 2 is 1.58 bits per heavy atom. The van der Waals surface area contributed by atoms with Gasteiger partial charge in [0.15, 0.2) is 8.32 Å². The second-order valence-electron chi connectivity index (χ2n) is 8.95. The number of rotatable bonds is 16. The lowest BCUT2D eigenvalue weighted by Gasteiger charge is -2.36. The third kappa shape index (κ3) is 11.5. The lowest BCUT2D eigenvalue weighted by atomic mass is 10.2. The van der Waals surface area contributed by atoms with Crippen molar-refractivity contribution in [2.45, 2.75) is 45.5 Å². The summed E-state index contributed by atoms with van der Waals surface area (Å²) in [4.78, 5) is 15.8. The van der Waals surface area contributed by atoms with Crippen LogP contribution in [0.4, 0.5) is 10.5 Å². The lowest BCUT2D eigenvalue weighted by Crippen LogP contribution is -2.40. The van der Waals surface area contributed by atoms with Gasteiger partial charge in [0.2, 0.25) is 4.91 Å². The second kappa shape index (κ2) is 14.9. The minimum atomic E-state index is -1.84. The summed E-state index contributed by atoms with van der Waals surface area (Å²) in [6.45, 7) is 14.4. The largest absolute Gasteiger partial charge is 0.465 e. The fourth-order valence-electron chi connectivity index (χ4n) is 2.44. The Bertz CT molecular complexity index is 748. The third-order valence-corrected chi connectivity index (χ3v) is 9.97. The van der Waals surface area contributed by atoms with Gasteiger partial charge < -0.3 is 23.7 Å². The van der Waals surface area contributed by atoms with E-state index in [1.807, 2.05) is 12.1 Å². The third-order valence-electron chi connectivity index (χ3n) is 5.49. The SMILES string of the molecule is CC(C)(C)[Si](C)(C)OCc1ccc(N(CCOCCOCCOCCN=[N+]=N)C(=O)O)cc1. The van der Waals surface area contributed by atoms with Crippen molar-refractivity contribution in [3.63, 3.8) is 0 Å². The highest BCUT2D eigenvalue weighted by Gasteiger charge is 2.37. The molecule has 33 heavy (non-hydrogen) atoms. The van der Waals surface area contributed by atoms with Crippen LogP contribution >= 0.6 is 0 Å². The van der Waals surface area contributed by atoms with E-state index < -0.39 is 14.4 Å². The normalized spacial score (nSPS) is 11.8. The van der Waals surface area contributed by atoms with Crippen molar-refractivity contribution in [1.29, 1.82) is 5.53 Å². The van der Waals surface area contributed by atoms with Crippen LogP contribution in [0.2, 0.25) is 18.1 Å². The van der Waals surface area contributed by atoms with Crippen LogP contribution in [-0.4, -0.2) is 72.2 Å². The van der Waals surface area contributed by atoms with Gasteiger partial charge in [-0.05, 0) is 35.8 Å². The Balaban J connectivity index is 2.33. The number of ether oxygens (including phenoxy) is 3. The highest BCUT2D eigenvalue weighted by atomic mass is 28.4. The van der Waals surface area contributed by atoms with E-state index in [0.717, 1.165) is 5.56 Å². The molecule has 0 saturated heterocycles. The molecule has 0 radical (unpaired) electrons. The highest BCUT2D eigenvalue weighted by molar-refractivity contribution is 6.74. The van der Waals surface area contributed by atoms with E-state index in [4.69, 9.17) is 24.2 Å². The van der Waals surface area contributed by atoms with Crippen LogP contribution in [0.25, 0.3) is 0 Å². The molecule has 10 nitrogen and oxygen atoms in total. The van der Waals surface area contributed by atoms with Crippen LogP contribution in [-0.2, 0) is 25.2 Å². The molecule has 0 aromatic heterocycles. The second-order valence-corrected chi connectivity index (χ2v) is 13.8. The first-order valence-electron chi connectivity index (χ1n) is 11.1. The molecule has 186 valence electrons. The van der Waals surface area contributed by atoms with Gasteiger partial charge in [-0.25, -0.2) is 4.79 Å². The molecule has 0 spiro atoms. The van der Waals surface area contributed by atoms with Crippen LogP contribution in [0.5, 0.6) is 0 Å². The zero-order valence-corrected chi connectivity index (χ0v) is 21.5. The predicted molar refractivity (Wildman–Crippen MR) is 128 cm³/mol. The first-order valence-corrected chi connectivity index (χ1v) is 14.0. The molecule has 0 heterocycles. The number of anilines is 1. The van der Waals surface area contributed by atoms with Gasteiger partial charge in [-0.2, -0.15) is 0 Å². The number of nitrogens with one attached hydrogen (secondary N) is 1. The smallest absolute Gasteiger partial charge is 0.411 e. The van der Waals surface area contributed by atoms with Gasteiger partial charge in [0.1, 0.15) is 17.2 Å². The fourth-order valence-corrected chi connectivity index (χ4v) is 3.40. The molecule has 0 aliphatic heterocycles. The van der Waals surface area contributed by atoms with Gasteiger partial charge in [-0.15, -0.1) is 0 Å². The summed E-state index contributed by atoms with van der Waals surface area (Å²) >= 11 is 0. The Hall–Kier alpha value is -2.14. The monoisotopic (exact) mass is 483 g/mol. The number of carboxylic acid groups (broad SMARTS) is 1. The van der Waals surface area contributed by atoms with Gasteiger partial charge >= 0.3 is 6.09 Å². The van der Waals surface area contributed by atoms with Crippen LogP contribution in [0.15, 0.2) is 29.4 Å². The maximum absolute atomic E-state index is 11.7. The van der Waals surface area contributed by atoms with Gasteiger partial charge in [0, 0.05) is 5.69 Å². The van der Waals surface area contributed by atoms with E-state index in [0.29, 0.717) is 51.9 Å². The van der Waals surface area contributed by atoms with Crippen LogP contribution < -0.4 is 9.81 Å². The van der Waals surface area contributed by atoms with E-state index in [-0.39, 0.29) is 18.2 Å². The van der Waals surface area contributed by atoms with E-state index >= 15 is 0 Å². The summed E-state index contributed by atoms with van der Waals surface area (Å²) in [6.07, 6.45) is -1.03. The molecule has 0 saturated carbocycles. The molecule has 0 unspecified atom stereocenters. The van der Waals surface area contributed by atoms with E-state index in [9.17, 15) is 9.90 Å². The molecule has 0 fully saturated rings. The molecule has 1 amide bonds. The Labute approximate surface area is 197 Å². The lowest BCUT2D eigenvalue weighted by molar-refractivity contribution is 0.0172. The molecule has 2 N–H and O–H groups in total. The summed E-state index contributed by atoms with van der Waals surface area (Å²) in [5.41, 5.74) is 8.13. The van der Waals surface area contributed by atoms with Crippen molar-refractivity contribution < 1.29 is 28.5 Å². The summed E-state index contributed by atoms with van der Waals surface area (Å²) in [6, 6.07) is 7.41. The molecule has 0 atom stereocenters.